The molecule has 21 heavy (non-hydrogen) atoms. The van der Waals surface area contributed by atoms with Crippen LogP contribution in [0.15, 0.2) is 24.3 Å². The Bertz CT molecular complexity index is 393. The summed E-state index contributed by atoms with van der Waals surface area (Å²) in [5.41, 5.74) is 7.51. The number of nitrogens with two attached hydrogens (primary N) is 1. The van der Waals surface area contributed by atoms with E-state index in [1.165, 1.54) is 0 Å². The second-order valence-corrected chi connectivity index (χ2v) is 5.04. The monoisotopic (exact) mass is 304 g/mol. The molecule has 0 unspecified atom stereocenters. The van der Waals surface area contributed by atoms with E-state index in [4.69, 9.17) is 5.73 Å². The van der Waals surface area contributed by atoms with Gasteiger partial charge in [0.15, 0.2) is 0 Å². The first-order chi connectivity index (χ1) is 9.90. The Kier molecular flexibility index (Phi) is 7.53. The zero-order valence-corrected chi connectivity index (χ0v) is 12.3. The fourth-order valence-electron chi connectivity index (χ4n) is 2.05. The van der Waals surface area contributed by atoms with Crippen molar-refractivity contribution in [3.05, 3.63) is 29.8 Å². The topological polar surface area (TPSA) is 38.5 Å². The lowest BCUT2D eigenvalue weighted by atomic mass is 10.2. The van der Waals surface area contributed by atoms with Gasteiger partial charge in [0, 0.05) is 25.4 Å². The van der Waals surface area contributed by atoms with Crippen LogP contribution in [0.5, 0.6) is 0 Å². The molecular weight excluding hydrogens is 281 g/mol. The molecular formula is C15H23F3N2O. The van der Waals surface area contributed by atoms with Gasteiger partial charge in [-0.1, -0.05) is 19.1 Å². The molecule has 1 aromatic rings. The third-order valence-corrected chi connectivity index (χ3v) is 2.95. The summed E-state index contributed by atoms with van der Waals surface area (Å²) in [5, 5.41) is 0. The van der Waals surface area contributed by atoms with Crippen LogP contribution < -0.4 is 5.73 Å². The molecule has 0 aliphatic heterocycles. The Morgan fingerprint density at radius 2 is 1.81 bits per heavy atom. The molecule has 0 heterocycles. The van der Waals surface area contributed by atoms with E-state index >= 15 is 0 Å². The number of anilines is 1. The molecule has 1 rings (SSSR count). The lowest BCUT2D eigenvalue weighted by Crippen LogP contribution is -2.26. The molecule has 6 heteroatoms. The van der Waals surface area contributed by atoms with Crippen LogP contribution in [0, 0.1) is 0 Å². The molecule has 0 aliphatic rings. The largest absolute Gasteiger partial charge is 0.411 e. The fraction of sp³-hybridized carbons (Fsp3) is 0.600. The van der Waals surface area contributed by atoms with Crippen molar-refractivity contribution < 1.29 is 17.9 Å². The first-order valence-corrected chi connectivity index (χ1v) is 7.12. The van der Waals surface area contributed by atoms with E-state index < -0.39 is 12.8 Å². The van der Waals surface area contributed by atoms with Crippen molar-refractivity contribution in [2.75, 3.05) is 32.0 Å². The van der Waals surface area contributed by atoms with Gasteiger partial charge in [-0.25, -0.2) is 0 Å². The van der Waals surface area contributed by atoms with Gasteiger partial charge >= 0.3 is 6.18 Å². The van der Waals surface area contributed by atoms with E-state index in [1.807, 2.05) is 24.3 Å². The second kappa shape index (κ2) is 8.89. The predicted molar refractivity (Wildman–Crippen MR) is 77.9 cm³/mol. The van der Waals surface area contributed by atoms with Crippen molar-refractivity contribution in [1.82, 2.24) is 4.90 Å². The standard InChI is InChI=1S/C15H23F3N2O/c1-2-8-20(9-3-10-21-12-15(16,17)18)11-13-4-6-14(19)7-5-13/h4-7H,2-3,8-12,19H2,1H3. The summed E-state index contributed by atoms with van der Waals surface area (Å²) < 4.78 is 40.4. The van der Waals surface area contributed by atoms with Gasteiger partial charge in [-0.05, 0) is 37.1 Å². The zero-order chi connectivity index (χ0) is 15.7. The molecule has 0 aliphatic carbocycles. The van der Waals surface area contributed by atoms with Gasteiger partial charge in [-0.15, -0.1) is 0 Å². The maximum Gasteiger partial charge on any atom is 0.411 e. The number of alkyl halides is 3. The molecule has 0 fully saturated rings. The van der Waals surface area contributed by atoms with Crippen LogP contribution in [0.2, 0.25) is 0 Å². The Morgan fingerprint density at radius 3 is 2.38 bits per heavy atom. The van der Waals surface area contributed by atoms with Crippen LogP contribution in [0.25, 0.3) is 0 Å². The van der Waals surface area contributed by atoms with Gasteiger partial charge in [0.1, 0.15) is 6.61 Å². The van der Waals surface area contributed by atoms with Crippen molar-refractivity contribution in [2.24, 2.45) is 0 Å². The van der Waals surface area contributed by atoms with Crippen LogP contribution in [-0.2, 0) is 11.3 Å². The third-order valence-electron chi connectivity index (χ3n) is 2.95. The highest BCUT2D eigenvalue weighted by Crippen LogP contribution is 2.14. The van der Waals surface area contributed by atoms with Crippen LogP contribution in [-0.4, -0.2) is 37.4 Å². The van der Waals surface area contributed by atoms with Crippen LogP contribution >= 0.6 is 0 Å². The van der Waals surface area contributed by atoms with Crippen molar-refractivity contribution in [2.45, 2.75) is 32.5 Å². The molecule has 0 saturated heterocycles. The summed E-state index contributed by atoms with van der Waals surface area (Å²) in [6, 6.07) is 7.65. The van der Waals surface area contributed by atoms with E-state index in [2.05, 4.69) is 16.6 Å². The van der Waals surface area contributed by atoms with E-state index in [1.54, 1.807) is 0 Å². The van der Waals surface area contributed by atoms with E-state index in [-0.39, 0.29) is 6.61 Å². The Morgan fingerprint density at radius 1 is 1.14 bits per heavy atom. The van der Waals surface area contributed by atoms with Crippen LogP contribution in [0.3, 0.4) is 0 Å². The average molecular weight is 304 g/mol. The maximum atomic E-state index is 11.9. The van der Waals surface area contributed by atoms with Gasteiger partial charge in [-0.3, -0.25) is 4.90 Å². The van der Waals surface area contributed by atoms with Crippen molar-refractivity contribution in [3.8, 4) is 0 Å². The smallest absolute Gasteiger partial charge is 0.399 e. The lowest BCUT2D eigenvalue weighted by molar-refractivity contribution is -0.174. The lowest BCUT2D eigenvalue weighted by Gasteiger charge is -2.22. The fourth-order valence-corrected chi connectivity index (χ4v) is 2.05. The summed E-state index contributed by atoms with van der Waals surface area (Å²) >= 11 is 0. The van der Waals surface area contributed by atoms with Crippen molar-refractivity contribution in [1.29, 1.82) is 0 Å². The molecule has 0 spiro atoms. The minimum absolute atomic E-state index is 0.126. The van der Waals surface area contributed by atoms with E-state index in [0.717, 1.165) is 37.3 Å². The van der Waals surface area contributed by atoms with Gasteiger partial charge < -0.3 is 10.5 Å². The number of nitrogens with zero attached hydrogens (tertiary/aromatic N) is 1. The Labute approximate surface area is 123 Å². The van der Waals surface area contributed by atoms with Gasteiger partial charge in [0.05, 0.1) is 0 Å². The number of nitrogen functional groups attached to an aromatic ring is 1. The summed E-state index contributed by atoms with van der Waals surface area (Å²) in [4.78, 5) is 2.21. The van der Waals surface area contributed by atoms with Crippen LogP contribution in [0.4, 0.5) is 18.9 Å². The summed E-state index contributed by atoms with van der Waals surface area (Å²) in [6.07, 6.45) is -2.66. The normalized spacial score (nSPS) is 12.0. The molecule has 0 aromatic heterocycles. The molecule has 1 aromatic carbocycles. The molecule has 2 N–H and O–H groups in total. The number of hydrogen-bond acceptors (Lipinski definition) is 3. The maximum absolute atomic E-state index is 11.9. The van der Waals surface area contributed by atoms with E-state index in [0.29, 0.717) is 6.42 Å². The SMILES string of the molecule is CCCN(CCCOCC(F)(F)F)Cc1ccc(N)cc1. The highest BCUT2D eigenvalue weighted by Gasteiger charge is 2.27. The van der Waals surface area contributed by atoms with E-state index in [9.17, 15) is 13.2 Å². The van der Waals surface area contributed by atoms with Crippen LogP contribution in [0.1, 0.15) is 25.3 Å². The molecule has 0 bridgehead atoms. The molecule has 0 atom stereocenters. The van der Waals surface area contributed by atoms with Crippen molar-refractivity contribution >= 4 is 5.69 Å². The molecule has 0 amide bonds. The van der Waals surface area contributed by atoms with Gasteiger partial charge in [0.25, 0.3) is 0 Å². The number of ether oxygens (including phenoxy) is 1. The Balaban J connectivity index is 2.31. The third kappa shape index (κ3) is 8.57. The highest BCUT2D eigenvalue weighted by atomic mass is 19.4. The van der Waals surface area contributed by atoms with Gasteiger partial charge in [-0.2, -0.15) is 13.2 Å². The number of benzene rings is 1. The zero-order valence-electron chi connectivity index (χ0n) is 12.3. The summed E-state index contributed by atoms with van der Waals surface area (Å²) in [5.74, 6) is 0. The predicted octanol–water partition coefficient (Wildman–Crippen LogP) is 3.45. The first kappa shape index (κ1) is 17.8. The molecule has 120 valence electrons. The number of halogens is 3. The summed E-state index contributed by atoms with van der Waals surface area (Å²) in [7, 11) is 0. The molecule has 0 saturated carbocycles. The quantitative estimate of drug-likeness (QED) is 0.561. The number of hydrogen-bond donors (Lipinski definition) is 1. The molecule has 0 radical (unpaired) electrons. The second-order valence-electron chi connectivity index (χ2n) is 5.04. The van der Waals surface area contributed by atoms with Gasteiger partial charge in [0.2, 0.25) is 0 Å². The minimum atomic E-state index is -4.24. The van der Waals surface area contributed by atoms with Crippen molar-refractivity contribution in [3.63, 3.8) is 0 Å². The first-order valence-electron chi connectivity index (χ1n) is 7.12. The highest BCUT2D eigenvalue weighted by molar-refractivity contribution is 5.39. The average Bonchev–Trinajstić information content (AvgIpc) is 2.40. The summed E-state index contributed by atoms with van der Waals surface area (Å²) in [6.45, 7) is 3.43. The minimum Gasteiger partial charge on any atom is -0.399 e. The number of rotatable bonds is 9. The Hall–Kier alpha value is -1.27. The molecule has 3 nitrogen and oxygen atoms in total.